The van der Waals surface area contributed by atoms with E-state index in [9.17, 15) is 0 Å². The first-order chi connectivity index (χ1) is 9.76. The van der Waals surface area contributed by atoms with Crippen LogP contribution >= 0.6 is 0 Å². The number of hydrogen-bond donors (Lipinski definition) is 0. The van der Waals surface area contributed by atoms with E-state index < -0.39 is 0 Å². The van der Waals surface area contributed by atoms with E-state index in [1.807, 2.05) is 6.92 Å². The zero-order valence-corrected chi connectivity index (χ0v) is 12.4. The quantitative estimate of drug-likeness (QED) is 0.718. The van der Waals surface area contributed by atoms with Crippen LogP contribution in [0.15, 0.2) is 42.5 Å². The Labute approximate surface area is 121 Å². The Morgan fingerprint density at radius 2 is 1.90 bits per heavy atom. The molecule has 1 unspecified atom stereocenters. The molecule has 1 aliphatic rings. The lowest BCUT2D eigenvalue weighted by Crippen LogP contribution is -2.00. The van der Waals surface area contributed by atoms with Gasteiger partial charge in [0.25, 0.3) is 0 Å². The summed E-state index contributed by atoms with van der Waals surface area (Å²) in [4.78, 5) is 0. The fourth-order valence-corrected chi connectivity index (χ4v) is 2.91. The van der Waals surface area contributed by atoms with Crippen molar-refractivity contribution in [2.75, 3.05) is 6.61 Å². The highest BCUT2D eigenvalue weighted by molar-refractivity contribution is 5.87. The third-order valence-electron chi connectivity index (χ3n) is 4.17. The zero-order valence-electron chi connectivity index (χ0n) is 12.4. The van der Waals surface area contributed by atoms with Crippen LogP contribution in [0.4, 0.5) is 0 Å². The minimum absolute atomic E-state index is 0.717. The van der Waals surface area contributed by atoms with Crippen molar-refractivity contribution in [1.82, 2.24) is 0 Å². The lowest BCUT2D eigenvalue weighted by atomic mass is 9.87. The fraction of sp³-hybridized carbons (Fsp3) is 0.368. The standard InChI is InChI=1S/C19H22O/c1-3-20-19-11-10-17-12-16(8-9-18(17)13-19)15-6-4-14(2)5-7-15/h6,8-14H,3-5,7H2,1-2H3. The van der Waals surface area contributed by atoms with Crippen LogP contribution in [-0.4, -0.2) is 6.61 Å². The van der Waals surface area contributed by atoms with Gasteiger partial charge in [-0.2, -0.15) is 0 Å². The van der Waals surface area contributed by atoms with E-state index >= 15 is 0 Å². The average Bonchev–Trinajstić information content (AvgIpc) is 2.48. The molecule has 0 spiro atoms. The monoisotopic (exact) mass is 266 g/mol. The predicted octanol–water partition coefficient (Wildman–Crippen LogP) is 5.44. The van der Waals surface area contributed by atoms with E-state index in [2.05, 4.69) is 49.4 Å². The van der Waals surface area contributed by atoms with Gasteiger partial charge < -0.3 is 4.74 Å². The van der Waals surface area contributed by atoms with Crippen molar-refractivity contribution in [2.24, 2.45) is 5.92 Å². The average molecular weight is 266 g/mol. The van der Waals surface area contributed by atoms with Crippen LogP contribution < -0.4 is 4.74 Å². The van der Waals surface area contributed by atoms with Gasteiger partial charge >= 0.3 is 0 Å². The Morgan fingerprint density at radius 1 is 1.10 bits per heavy atom. The minimum atomic E-state index is 0.717. The molecule has 1 aliphatic carbocycles. The summed E-state index contributed by atoms with van der Waals surface area (Å²) in [6.07, 6.45) is 6.16. The van der Waals surface area contributed by atoms with E-state index in [1.165, 1.54) is 41.2 Å². The van der Waals surface area contributed by atoms with Gasteiger partial charge in [0, 0.05) is 0 Å². The molecule has 2 aromatic rings. The number of hydrogen-bond acceptors (Lipinski definition) is 1. The molecule has 104 valence electrons. The van der Waals surface area contributed by atoms with Gasteiger partial charge in [0.05, 0.1) is 6.61 Å². The molecule has 1 atom stereocenters. The van der Waals surface area contributed by atoms with Crippen molar-refractivity contribution in [3.8, 4) is 5.75 Å². The van der Waals surface area contributed by atoms with E-state index in [1.54, 1.807) is 0 Å². The maximum absolute atomic E-state index is 5.56. The highest BCUT2D eigenvalue weighted by atomic mass is 16.5. The van der Waals surface area contributed by atoms with Gasteiger partial charge in [-0.3, -0.25) is 0 Å². The first kappa shape index (κ1) is 13.2. The molecule has 0 saturated heterocycles. The highest BCUT2D eigenvalue weighted by Gasteiger charge is 2.11. The first-order valence-electron chi connectivity index (χ1n) is 7.62. The Hall–Kier alpha value is -1.76. The third kappa shape index (κ3) is 2.72. The number of ether oxygens (including phenoxy) is 1. The lowest BCUT2D eigenvalue weighted by Gasteiger charge is -2.18. The Morgan fingerprint density at radius 3 is 2.65 bits per heavy atom. The largest absolute Gasteiger partial charge is 0.494 e. The molecule has 0 fully saturated rings. The summed E-state index contributed by atoms with van der Waals surface area (Å²) < 4.78 is 5.56. The SMILES string of the molecule is CCOc1ccc2cc(C3=CCC(C)CC3)ccc2c1. The molecule has 0 radical (unpaired) electrons. The van der Waals surface area contributed by atoms with Gasteiger partial charge in [0.15, 0.2) is 0 Å². The predicted molar refractivity (Wildman–Crippen MR) is 86.1 cm³/mol. The van der Waals surface area contributed by atoms with Crippen LogP contribution in [-0.2, 0) is 0 Å². The second-order valence-electron chi connectivity index (χ2n) is 5.77. The Balaban J connectivity index is 1.93. The molecule has 0 saturated carbocycles. The van der Waals surface area contributed by atoms with Crippen molar-refractivity contribution < 1.29 is 4.74 Å². The molecular weight excluding hydrogens is 244 g/mol. The topological polar surface area (TPSA) is 9.23 Å². The normalized spacial score (nSPS) is 18.9. The number of rotatable bonds is 3. The number of fused-ring (bicyclic) bond motifs is 1. The van der Waals surface area contributed by atoms with Gasteiger partial charge in [-0.05, 0) is 72.2 Å². The highest BCUT2D eigenvalue weighted by Crippen LogP contribution is 2.32. The molecule has 0 bridgehead atoms. The van der Waals surface area contributed by atoms with Gasteiger partial charge in [-0.1, -0.05) is 31.2 Å². The minimum Gasteiger partial charge on any atom is -0.494 e. The third-order valence-corrected chi connectivity index (χ3v) is 4.17. The first-order valence-corrected chi connectivity index (χ1v) is 7.62. The second kappa shape index (κ2) is 5.70. The van der Waals surface area contributed by atoms with Crippen LogP contribution in [0.3, 0.4) is 0 Å². The zero-order chi connectivity index (χ0) is 13.9. The lowest BCUT2D eigenvalue weighted by molar-refractivity contribution is 0.341. The van der Waals surface area contributed by atoms with Crippen molar-refractivity contribution >= 4 is 16.3 Å². The molecule has 0 aliphatic heterocycles. The Kier molecular flexibility index (Phi) is 3.77. The summed E-state index contributed by atoms with van der Waals surface area (Å²) >= 11 is 0. The summed E-state index contributed by atoms with van der Waals surface area (Å²) in [7, 11) is 0. The summed E-state index contributed by atoms with van der Waals surface area (Å²) in [5.41, 5.74) is 2.90. The molecule has 2 aromatic carbocycles. The van der Waals surface area contributed by atoms with Crippen LogP contribution in [0, 0.1) is 5.92 Å². The van der Waals surface area contributed by atoms with Gasteiger partial charge in [-0.25, -0.2) is 0 Å². The van der Waals surface area contributed by atoms with Crippen molar-refractivity contribution in [3.05, 3.63) is 48.0 Å². The fourth-order valence-electron chi connectivity index (χ4n) is 2.91. The molecule has 0 heterocycles. The maximum atomic E-state index is 5.56. The molecule has 3 rings (SSSR count). The summed E-state index contributed by atoms with van der Waals surface area (Å²) in [6, 6.07) is 13.1. The van der Waals surface area contributed by atoms with E-state index in [0.29, 0.717) is 6.61 Å². The smallest absolute Gasteiger partial charge is 0.119 e. The van der Waals surface area contributed by atoms with Crippen LogP contribution in [0.2, 0.25) is 0 Å². The Bertz CT molecular complexity index is 639. The molecule has 20 heavy (non-hydrogen) atoms. The van der Waals surface area contributed by atoms with E-state index in [-0.39, 0.29) is 0 Å². The van der Waals surface area contributed by atoms with Crippen LogP contribution in [0.1, 0.15) is 38.7 Å². The molecule has 0 aromatic heterocycles. The van der Waals surface area contributed by atoms with Gasteiger partial charge in [0.1, 0.15) is 5.75 Å². The molecule has 0 amide bonds. The van der Waals surface area contributed by atoms with Crippen molar-refractivity contribution in [3.63, 3.8) is 0 Å². The molecule has 1 heteroatoms. The van der Waals surface area contributed by atoms with E-state index in [0.717, 1.165) is 11.7 Å². The molecular formula is C19H22O. The van der Waals surface area contributed by atoms with Gasteiger partial charge in [-0.15, -0.1) is 0 Å². The number of allylic oxidation sites excluding steroid dienone is 2. The summed E-state index contributed by atoms with van der Waals surface area (Å²) in [5, 5.41) is 2.55. The molecule has 0 N–H and O–H groups in total. The maximum Gasteiger partial charge on any atom is 0.119 e. The van der Waals surface area contributed by atoms with Gasteiger partial charge in [0.2, 0.25) is 0 Å². The van der Waals surface area contributed by atoms with Crippen molar-refractivity contribution in [1.29, 1.82) is 0 Å². The van der Waals surface area contributed by atoms with Crippen LogP contribution in [0.25, 0.3) is 16.3 Å². The van der Waals surface area contributed by atoms with E-state index in [4.69, 9.17) is 4.74 Å². The van der Waals surface area contributed by atoms with Crippen molar-refractivity contribution in [2.45, 2.75) is 33.1 Å². The number of benzene rings is 2. The molecule has 1 nitrogen and oxygen atoms in total. The van der Waals surface area contributed by atoms with Crippen LogP contribution in [0.5, 0.6) is 5.75 Å². The summed E-state index contributed by atoms with van der Waals surface area (Å²) in [6.45, 7) is 5.07. The second-order valence-corrected chi connectivity index (χ2v) is 5.77. The summed E-state index contributed by atoms with van der Waals surface area (Å²) in [5.74, 6) is 1.80.